The van der Waals surface area contributed by atoms with Crippen LogP contribution in [0.25, 0.3) is 11.1 Å². The minimum absolute atomic E-state index is 0.0357. The van der Waals surface area contributed by atoms with Gasteiger partial charge in [-0.15, -0.1) is 0 Å². The summed E-state index contributed by atoms with van der Waals surface area (Å²) in [5.74, 6) is -1.40. The molecule has 0 aliphatic heterocycles. The molecule has 2 N–H and O–H groups in total. The van der Waals surface area contributed by atoms with E-state index >= 15 is 0 Å². The van der Waals surface area contributed by atoms with E-state index in [-0.39, 0.29) is 65.0 Å². The predicted molar refractivity (Wildman–Crippen MR) is 153 cm³/mol. The number of amides is 1. The zero-order valence-electron chi connectivity index (χ0n) is 23.7. The summed E-state index contributed by atoms with van der Waals surface area (Å²) in [5, 5.41) is 11.2. The highest BCUT2D eigenvalue weighted by Crippen LogP contribution is 2.44. The molecule has 0 radical (unpaired) electrons. The lowest BCUT2D eigenvalue weighted by molar-refractivity contribution is -0.148. The smallest absolute Gasteiger partial charge is 0.407 e. The molecular formula is C31H39NO10. The van der Waals surface area contributed by atoms with Gasteiger partial charge in [0.2, 0.25) is 0 Å². The number of aliphatic hydroxyl groups is 1. The Morgan fingerprint density at radius 2 is 1.38 bits per heavy atom. The number of carbonyl (C=O) groups excluding carboxylic acids is 3. The fraction of sp³-hybridized carbons (Fsp3) is 0.452. The van der Waals surface area contributed by atoms with Crippen LogP contribution in [0, 0.1) is 0 Å². The number of esters is 2. The van der Waals surface area contributed by atoms with Gasteiger partial charge in [0.1, 0.15) is 25.9 Å². The van der Waals surface area contributed by atoms with Crippen molar-refractivity contribution >= 4 is 18.0 Å². The first-order valence-electron chi connectivity index (χ1n) is 13.9. The number of hydrogen-bond donors (Lipinski definition) is 2. The molecule has 1 atom stereocenters. The van der Waals surface area contributed by atoms with E-state index in [1.807, 2.05) is 48.5 Å². The number of fused-ring (bicyclic) bond motifs is 3. The fourth-order valence-electron chi connectivity index (χ4n) is 4.43. The summed E-state index contributed by atoms with van der Waals surface area (Å²) in [4.78, 5) is 37.6. The molecule has 228 valence electrons. The lowest BCUT2D eigenvalue weighted by Gasteiger charge is -2.19. The summed E-state index contributed by atoms with van der Waals surface area (Å²) in [6.45, 7) is 5.27. The van der Waals surface area contributed by atoms with Crippen LogP contribution in [0.5, 0.6) is 0 Å². The van der Waals surface area contributed by atoms with Crippen molar-refractivity contribution in [3.8, 4) is 11.1 Å². The van der Waals surface area contributed by atoms with Crippen molar-refractivity contribution in [2.24, 2.45) is 0 Å². The van der Waals surface area contributed by atoms with Gasteiger partial charge in [-0.2, -0.15) is 0 Å². The molecular weight excluding hydrogens is 546 g/mol. The summed E-state index contributed by atoms with van der Waals surface area (Å²) in [5.41, 5.74) is 4.32. The maximum absolute atomic E-state index is 12.8. The summed E-state index contributed by atoms with van der Waals surface area (Å²) in [6, 6.07) is 14.8. The second-order valence-corrected chi connectivity index (χ2v) is 9.26. The zero-order chi connectivity index (χ0) is 30.0. The van der Waals surface area contributed by atoms with Gasteiger partial charge in [-0.05, 0) is 28.7 Å². The average Bonchev–Trinajstić information content (AvgIpc) is 3.33. The third kappa shape index (κ3) is 10.6. The lowest BCUT2D eigenvalue weighted by Crippen LogP contribution is -2.43. The van der Waals surface area contributed by atoms with E-state index in [9.17, 15) is 14.4 Å². The molecule has 0 aromatic heterocycles. The van der Waals surface area contributed by atoms with Crippen molar-refractivity contribution in [3.63, 3.8) is 0 Å². The number of carbonyl (C=O) groups is 3. The van der Waals surface area contributed by atoms with Crippen LogP contribution in [0.15, 0.2) is 61.2 Å². The first-order valence-corrected chi connectivity index (χ1v) is 13.9. The normalized spacial score (nSPS) is 12.6. The molecule has 3 rings (SSSR count). The van der Waals surface area contributed by atoms with Crippen LogP contribution >= 0.6 is 0 Å². The number of nitrogens with one attached hydrogen (secondary N) is 1. The number of ether oxygens (including phenoxy) is 6. The van der Waals surface area contributed by atoms with Gasteiger partial charge in [0.25, 0.3) is 0 Å². The van der Waals surface area contributed by atoms with Crippen molar-refractivity contribution in [2.45, 2.75) is 24.8 Å². The molecule has 1 aliphatic rings. The molecule has 2 aromatic rings. The van der Waals surface area contributed by atoms with Crippen LogP contribution in [0.2, 0.25) is 0 Å². The van der Waals surface area contributed by atoms with Gasteiger partial charge in [0.15, 0.2) is 0 Å². The number of hydrogen-bond acceptors (Lipinski definition) is 10. The Morgan fingerprint density at radius 1 is 0.810 bits per heavy atom. The standard InChI is InChI=1S/C31H39NO10/c1-2-14-40-29(34)12-11-28(30(35)41-21-20-39-19-18-38-17-16-37-15-13-33)32-31(36)42-22-27-25-9-5-3-7-23(25)24-8-4-6-10-26(24)27/h2-10,27-28,33H,1,11-22H2,(H,32,36)/t28-/m0/s1. The van der Waals surface area contributed by atoms with Crippen molar-refractivity contribution < 1.29 is 47.9 Å². The molecule has 1 amide bonds. The summed E-state index contributed by atoms with van der Waals surface area (Å²) < 4.78 is 31.6. The van der Waals surface area contributed by atoms with E-state index in [1.165, 1.54) is 6.08 Å². The Kier molecular flexibility index (Phi) is 14.5. The van der Waals surface area contributed by atoms with Crippen molar-refractivity contribution in [3.05, 3.63) is 72.3 Å². The third-order valence-electron chi connectivity index (χ3n) is 6.37. The molecule has 1 aliphatic carbocycles. The Labute approximate surface area is 245 Å². The van der Waals surface area contributed by atoms with E-state index in [4.69, 9.17) is 33.5 Å². The second kappa shape index (κ2) is 18.6. The van der Waals surface area contributed by atoms with E-state index in [1.54, 1.807) is 0 Å². The number of rotatable bonds is 20. The van der Waals surface area contributed by atoms with Gasteiger partial charge in [-0.3, -0.25) is 4.79 Å². The third-order valence-corrected chi connectivity index (χ3v) is 6.37. The summed E-state index contributed by atoms with van der Waals surface area (Å²) >= 11 is 0. The molecule has 0 saturated carbocycles. The first kappa shape index (κ1) is 32.7. The molecule has 0 bridgehead atoms. The highest BCUT2D eigenvalue weighted by Gasteiger charge is 2.30. The monoisotopic (exact) mass is 585 g/mol. The molecule has 0 unspecified atom stereocenters. The Bertz CT molecular complexity index is 1110. The Hall–Kier alpha value is -3.77. The molecule has 0 fully saturated rings. The summed E-state index contributed by atoms with van der Waals surface area (Å²) in [7, 11) is 0. The van der Waals surface area contributed by atoms with Gasteiger partial charge in [0, 0.05) is 12.3 Å². The predicted octanol–water partition coefficient (Wildman–Crippen LogP) is 2.99. The van der Waals surface area contributed by atoms with Crippen LogP contribution < -0.4 is 5.32 Å². The number of benzene rings is 2. The van der Waals surface area contributed by atoms with Gasteiger partial charge in [0.05, 0.1) is 46.2 Å². The van der Waals surface area contributed by atoms with Crippen molar-refractivity contribution in [1.29, 1.82) is 0 Å². The molecule has 0 saturated heterocycles. The molecule has 2 aromatic carbocycles. The van der Waals surface area contributed by atoms with Crippen molar-refractivity contribution in [1.82, 2.24) is 5.32 Å². The van der Waals surface area contributed by atoms with Crippen LogP contribution in [-0.4, -0.2) is 95.2 Å². The molecule has 0 spiro atoms. The molecule has 0 heterocycles. The topological polar surface area (TPSA) is 139 Å². The van der Waals surface area contributed by atoms with E-state index in [0.29, 0.717) is 19.8 Å². The van der Waals surface area contributed by atoms with Crippen LogP contribution in [0.3, 0.4) is 0 Å². The highest BCUT2D eigenvalue weighted by molar-refractivity contribution is 5.82. The van der Waals surface area contributed by atoms with Gasteiger partial charge in [-0.25, -0.2) is 9.59 Å². The fourth-order valence-corrected chi connectivity index (χ4v) is 4.43. The molecule has 11 heteroatoms. The van der Waals surface area contributed by atoms with Gasteiger partial charge < -0.3 is 38.8 Å². The van der Waals surface area contributed by atoms with Crippen LogP contribution in [0.4, 0.5) is 4.79 Å². The SMILES string of the molecule is C=CCOC(=O)CC[C@H](NC(=O)OCC1c2ccccc2-c2ccccc21)C(=O)OCCOCCOCCOCCO. The number of aliphatic hydroxyl groups excluding tert-OH is 1. The van der Waals surface area contributed by atoms with E-state index < -0.39 is 24.1 Å². The van der Waals surface area contributed by atoms with Crippen LogP contribution in [0.1, 0.15) is 29.9 Å². The Balaban J connectivity index is 1.46. The lowest BCUT2D eigenvalue weighted by atomic mass is 9.98. The Morgan fingerprint density at radius 3 is 1.98 bits per heavy atom. The maximum Gasteiger partial charge on any atom is 0.407 e. The number of alkyl carbamates (subject to hydrolysis) is 1. The van der Waals surface area contributed by atoms with Crippen LogP contribution in [-0.2, 0) is 38.0 Å². The highest BCUT2D eigenvalue weighted by atomic mass is 16.6. The van der Waals surface area contributed by atoms with Crippen molar-refractivity contribution in [2.75, 3.05) is 66.1 Å². The zero-order valence-corrected chi connectivity index (χ0v) is 23.7. The van der Waals surface area contributed by atoms with E-state index in [0.717, 1.165) is 22.3 Å². The minimum atomic E-state index is -1.13. The quantitative estimate of drug-likeness (QED) is 0.103. The maximum atomic E-state index is 12.8. The van der Waals surface area contributed by atoms with Gasteiger partial charge >= 0.3 is 18.0 Å². The first-order chi connectivity index (χ1) is 20.5. The largest absolute Gasteiger partial charge is 0.462 e. The molecule has 42 heavy (non-hydrogen) atoms. The minimum Gasteiger partial charge on any atom is -0.462 e. The average molecular weight is 586 g/mol. The molecule has 11 nitrogen and oxygen atoms in total. The summed E-state index contributed by atoms with van der Waals surface area (Å²) in [6.07, 6.45) is 0.489. The van der Waals surface area contributed by atoms with Gasteiger partial charge in [-0.1, -0.05) is 61.2 Å². The van der Waals surface area contributed by atoms with E-state index in [2.05, 4.69) is 11.9 Å². The second-order valence-electron chi connectivity index (χ2n) is 9.26.